The van der Waals surface area contributed by atoms with Gasteiger partial charge in [-0.25, -0.2) is 0 Å². The Morgan fingerprint density at radius 2 is 2.00 bits per heavy atom. The Hall–Kier alpha value is -2.14. The van der Waals surface area contributed by atoms with Crippen LogP contribution in [0.3, 0.4) is 0 Å². The summed E-state index contributed by atoms with van der Waals surface area (Å²) in [5, 5.41) is 1.90. The molecule has 0 amide bonds. The molecule has 0 spiro atoms. The Bertz CT molecular complexity index is 806. The predicted octanol–water partition coefficient (Wildman–Crippen LogP) is 4.18. The number of rotatable bonds is 4. The van der Waals surface area contributed by atoms with Gasteiger partial charge >= 0.3 is 5.97 Å². The molecular formula is C19H20O4S. The fourth-order valence-corrected chi connectivity index (χ4v) is 3.83. The van der Waals surface area contributed by atoms with Crippen LogP contribution in [0.15, 0.2) is 17.5 Å². The van der Waals surface area contributed by atoms with Crippen molar-refractivity contribution < 1.29 is 19.1 Å². The summed E-state index contributed by atoms with van der Waals surface area (Å²) in [5.74, 6) is 1.23. The van der Waals surface area contributed by atoms with Gasteiger partial charge in [0.25, 0.3) is 0 Å². The first-order valence-corrected chi connectivity index (χ1v) is 8.80. The molecule has 24 heavy (non-hydrogen) atoms. The highest BCUT2D eigenvalue weighted by Gasteiger charge is 2.31. The van der Waals surface area contributed by atoms with E-state index in [2.05, 4.69) is 0 Å². The molecule has 0 saturated carbocycles. The van der Waals surface area contributed by atoms with E-state index in [1.54, 1.807) is 0 Å². The first kappa shape index (κ1) is 16.7. The molecule has 1 aromatic carbocycles. The number of hydrogen-bond acceptors (Lipinski definition) is 5. The first-order chi connectivity index (χ1) is 11.4. The fraction of sp³-hybridized carbons (Fsp3) is 0.368. The summed E-state index contributed by atoms with van der Waals surface area (Å²) in [5.41, 5.74) is 3.84. The monoisotopic (exact) mass is 344 g/mol. The average Bonchev–Trinajstić information content (AvgIpc) is 3.18. The van der Waals surface area contributed by atoms with Crippen LogP contribution < -0.4 is 9.47 Å². The van der Waals surface area contributed by atoms with E-state index >= 15 is 0 Å². The summed E-state index contributed by atoms with van der Waals surface area (Å²) in [6.07, 6.45) is 0.850. The van der Waals surface area contributed by atoms with Gasteiger partial charge in [0.2, 0.25) is 0 Å². The topological polar surface area (TPSA) is 52.6 Å². The molecule has 126 valence electrons. The summed E-state index contributed by atoms with van der Waals surface area (Å²) in [6, 6.07) is 3.72. The molecule has 3 rings (SSSR count). The van der Waals surface area contributed by atoms with Crippen LogP contribution in [0.1, 0.15) is 45.3 Å². The zero-order chi connectivity index (χ0) is 17.4. The van der Waals surface area contributed by atoms with Gasteiger partial charge in [-0.15, -0.1) is 11.3 Å². The number of carbonyl (C=O) groups is 2. The highest BCUT2D eigenvalue weighted by molar-refractivity contribution is 7.12. The Balaban J connectivity index is 1.86. The summed E-state index contributed by atoms with van der Waals surface area (Å²) >= 11 is 1.45. The Labute approximate surface area is 145 Å². The first-order valence-electron chi connectivity index (χ1n) is 7.93. The van der Waals surface area contributed by atoms with E-state index in [4.69, 9.17) is 9.47 Å². The lowest BCUT2D eigenvalue weighted by atomic mass is 9.95. The minimum absolute atomic E-state index is 0.107. The highest BCUT2D eigenvalue weighted by atomic mass is 32.1. The van der Waals surface area contributed by atoms with Crippen LogP contribution in [0.5, 0.6) is 11.5 Å². The molecule has 0 N–H and O–H groups in total. The summed E-state index contributed by atoms with van der Waals surface area (Å²) in [6.45, 7) is 7.23. The van der Waals surface area contributed by atoms with E-state index < -0.39 is 0 Å². The van der Waals surface area contributed by atoms with E-state index in [1.165, 1.54) is 18.3 Å². The van der Waals surface area contributed by atoms with Crippen molar-refractivity contribution in [3.8, 4) is 11.5 Å². The molecule has 1 aliphatic heterocycles. The predicted molar refractivity (Wildman–Crippen MR) is 93.3 cm³/mol. The number of carbonyl (C=O) groups excluding carboxylic acids is 2. The maximum Gasteiger partial charge on any atom is 0.308 e. The third-order valence-electron chi connectivity index (χ3n) is 4.48. The number of fused-ring (bicyclic) bond motifs is 1. The van der Waals surface area contributed by atoms with E-state index in [0.717, 1.165) is 32.9 Å². The van der Waals surface area contributed by atoms with Gasteiger partial charge in [0.05, 0.1) is 4.88 Å². The van der Waals surface area contributed by atoms with Crippen molar-refractivity contribution >= 4 is 23.1 Å². The average molecular weight is 344 g/mol. The van der Waals surface area contributed by atoms with Gasteiger partial charge in [0, 0.05) is 25.3 Å². The van der Waals surface area contributed by atoms with Crippen molar-refractivity contribution in [1.29, 1.82) is 0 Å². The molecule has 4 nitrogen and oxygen atoms in total. The Morgan fingerprint density at radius 3 is 2.62 bits per heavy atom. The Kier molecular flexibility index (Phi) is 4.45. The lowest BCUT2D eigenvalue weighted by Crippen LogP contribution is -2.18. The van der Waals surface area contributed by atoms with Gasteiger partial charge in [-0.2, -0.15) is 0 Å². The number of esters is 1. The molecule has 0 fully saturated rings. The van der Waals surface area contributed by atoms with Gasteiger partial charge in [-0.3, -0.25) is 9.59 Å². The second-order valence-corrected chi connectivity index (χ2v) is 7.10. The fourth-order valence-electron chi connectivity index (χ4n) is 3.15. The number of hydrogen-bond donors (Lipinski definition) is 0. The van der Waals surface area contributed by atoms with Crippen LogP contribution in [0.4, 0.5) is 0 Å². The normalized spacial score (nSPS) is 15.8. The lowest BCUT2D eigenvalue weighted by Gasteiger charge is -2.16. The molecule has 1 aromatic heterocycles. The molecule has 1 atom stereocenters. The second kappa shape index (κ2) is 6.40. The Morgan fingerprint density at radius 1 is 1.25 bits per heavy atom. The van der Waals surface area contributed by atoms with Crippen LogP contribution in [0.2, 0.25) is 0 Å². The van der Waals surface area contributed by atoms with Gasteiger partial charge < -0.3 is 9.47 Å². The second-order valence-electron chi connectivity index (χ2n) is 6.15. The van der Waals surface area contributed by atoms with Gasteiger partial charge in [0.15, 0.2) is 5.78 Å². The van der Waals surface area contributed by atoms with Crippen molar-refractivity contribution in [2.24, 2.45) is 0 Å². The van der Waals surface area contributed by atoms with Crippen LogP contribution >= 0.6 is 11.3 Å². The molecular weight excluding hydrogens is 324 g/mol. The molecule has 1 aliphatic rings. The smallest absolute Gasteiger partial charge is 0.308 e. The molecule has 2 aromatic rings. The number of thiophene rings is 1. The number of ether oxygens (including phenoxy) is 2. The molecule has 5 heteroatoms. The van der Waals surface area contributed by atoms with Crippen LogP contribution in [0, 0.1) is 20.8 Å². The summed E-state index contributed by atoms with van der Waals surface area (Å²) < 4.78 is 11.5. The van der Waals surface area contributed by atoms with Crippen molar-refractivity contribution in [3.63, 3.8) is 0 Å². The molecule has 0 bridgehead atoms. The highest BCUT2D eigenvalue weighted by Crippen LogP contribution is 2.43. The third-order valence-corrected chi connectivity index (χ3v) is 5.39. The van der Waals surface area contributed by atoms with Gasteiger partial charge in [-0.1, -0.05) is 6.07 Å². The number of benzene rings is 1. The number of ketones is 1. The largest absolute Gasteiger partial charge is 0.489 e. The van der Waals surface area contributed by atoms with Crippen molar-refractivity contribution in [2.75, 3.05) is 0 Å². The van der Waals surface area contributed by atoms with Crippen molar-refractivity contribution in [2.45, 2.75) is 46.6 Å². The lowest BCUT2D eigenvalue weighted by molar-refractivity contribution is -0.131. The minimum Gasteiger partial charge on any atom is -0.489 e. The van der Waals surface area contributed by atoms with Gasteiger partial charge in [-0.05, 0) is 48.9 Å². The SMILES string of the molecule is CC(=O)Oc1c(C)c(C)c2c(c1C)CC(CC(=O)c1cccs1)O2. The van der Waals surface area contributed by atoms with E-state index in [9.17, 15) is 9.59 Å². The summed E-state index contributed by atoms with van der Waals surface area (Å²) in [7, 11) is 0. The standard InChI is InChI=1S/C19H20O4S/c1-10-11(2)19-15(12(3)18(10)22-13(4)20)8-14(23-19)9-16(21)17-6-5-7-24-17/h5-7,14H,8-9H2,1-4H3. The van der Waals surface area contributed by atoms with Crippen LogP contribution in [-0.4, -0.2) is 17.9 Å². The quantitative estimate of drug-likeness (QED) is 0.474. The maximum atomic E-state index is 12.3. The van der Waals surface area contributed by atoms with Crippen LogP contribution in [0.25, 0.3) is 0 Å². The van der Waals surface area contributed by atoms with Crippen molar-refractivity contribution in [3.05, 3.63) is 44.6 Å². The van der Waals surface area contributed by atoms with Crippen molar-refractivity contribution in [1.82, 2.24) is 0 Å². The molecule has 2 heterocycles. The third kappa shape index (κ3) is 2.96. The van der Waals surface area contributed by atoms with Gasteiger partial charge in [0.1, 0.15) is 17.6 Å². The van der Waals surface area contributed by atoms with E-state index in [1.807, 2.05) is 38.3 Å². The zero-order valence-electron chi connectivity index (χ0n) is 14.3. The van der Waals surface area contributed by atoms with Crippen LogP contribution in [-0.2, 0) is 11.2 Å². The molecule has 0 radical (unpaired) electrons. The maximum absolute atomic E-state index is 12.3. The molecule has 0 saturated heterocycles. The molecule has 0 aliphatic carbocycles. The zero-order valence-corrected chi connectivity index (χ0v) is 15.1. The molecule has 1 unspecified atom stereocenters. The number of Topliss-reactive ketones (excluding diaryl/α,β-unsaturated/α-hetero) is 1. The summed E-state index contributed by atoms with van der Waals surface area (Å²) in [4.78, 5) is 24.5. The van der Waals surface area contributed by atoms with E-state index in [0.29, 0.717) is 18.6 Å². The minimum atomic E-state index is -0.330. The van der Waals surface area contributed by atoms with E-state index in [-0.39, 0.29) is 17.9 Å².